The van der Waals surface area contributed by atoms with Crippen LogP contribution in [0.25, 0.3) is 0 Å². The van der Waals surface area contributed by atoms with Gasteiger partial charge in [-0.3, -0.25) is 0 Å². The van der Waals surface area contributed by atoms with Gasteiger partial charge in [0, 0.05) is 0 Å². The number of hydrogen-bond donors (Lipinski definition) is 0. The van der Waals surface area contributed by atoms with Crippen LogP contribution >= 0.6 is 23.2 Å². The van der Waals surface area contributed by atoms with Gasteiger partial charge in [0.05, 0.1) is 10.1 Å². The molecule has 0 spiro atoms. The van der Waals surface area contributed by atoms with E-state index >= 15 is 0 Å². The lowest BCUT2D eigenvalue weighted by atomic mass is 10.1. The maximum atomic E-state index is 5.77. The van der Waals surface area contributed by atoms with E-state index in [1.54, 1.807) is 0 Å². The summed E-state index contributed by atoms with van der Waals surface area (Å²) >= 11 is 11.5. The molecule has 0 unspecified atom stereocenters. The topological polar surface area (TPSA) is 0 Å². The number of rotatable bonds is 0. The van der Waals surface area contributed by atoms with E-state index < -0.39 is 0 Å². The maximum absolute atomic E-state index is 5.77. The molecule has 1 rings (SSSR count). The molecule has 0 aliphatic heterocycles. The molecule has 10 heavy (non-hydrogen) atoms. The monoisotopic (exact) mass is 175 g/mol. The third kappa shape index (κ3) is 2.36. The molecule has 55 valence electrons. The Labute approximate surface area is 71.5 Å². The van der Waals surface area contributed by atoms with Crippen LogP contribution < -0.4 is 0 Å². The molecule has 0 saturated heterocycles. The van der Waals surface area contributed by atoms with Crippen molar-refractivity contribution in [3.05, 3.63) is 22.2 Å². The predicted octanol–water partition coefficient (Wildman–Crippen LogP) is 3.61. The molecule has 0 N–H and O–H groups in total. The Balaban J connectivity index is 2.66. The summed E-state index contributed by atoms with van der Waals surface area (Å²) in [7, 11) is 0. The van der Waals surface area contributed by atoms with Crippen molar-refractivity contribution in [1.82, 2.24) is 0 Å². The van der Waals surface area contributed by atoms with Crippen molar-refractivity contribution >= 4 is 23.2 Å². The second kappa shape index (κ2) is 4.05. The van der Waals surface area contributed by atoms with Gasteiger partial charge < -0.3 is 0 Å². The van der Waals surface area contributed by atoms with E-state index in [9.17, 15) is 0 Å². The molecule has 0 nitrogen and oxygen atoms in total. The highest BCUT2D eigenvalue weighted by atomic mass is 35.5. The Morgan fingerprint density at radius 2 is 2.10 bits per heavy atom. The second-order valence-electron chi connectivity index (χ2n) is 2.29. The van der Waals surface area contributed by atoms with Gasteiger partial charge in [0.2, 0.25) is 0 Å². The fourth-order valence-corrected chi connectivity index (χ4v) is 1.22. The molecule has 0 amide bonds. The molecular weight excluding hydrogens is 167 g/mol. The standard InChI is InChI=1S/C8H9Cl2/c9-7-5-3-1-2-4-6-8(7)10/h5H,1-4H2/b7-5+,8-6?. The highest BCUT2D eigenvalue weighted by Gasteiger charge is 2.00. The van der Waals surface area contributed by atoms with Gasteiger partial charge in [-0.15, -0.1) is 0 Å². The van der Waals surface area contributed by atoms with Gasteiger partial charge >= 0.3 is 0 Å². The summed E-state index contributed by atoms with van der Waals surface area (Å²) in [4.78, 5) is 0. The van der Waals surface area contributed by atoms with E-state index in [-0.39, 0.29) is 0 Å². The quantitative estimate of drug-likeness (QED) is 0.528. The van der Waals surface area contributed by atoms with Crippen molar-refractivity contribution in [2.75, 3.05) is 0 Å². The van der Waals surface area contributed by atoms with E-state index in [4.69, 9.17) is 23.2 Å². The molecule has 0 saturated carbocycles. The van der Waals surface area contributed by atoms with Crippen molar-refractivity contribution < 1.29 is 0 Å². The second-order valence-corrected chi connectivity index (χ2v) is 3.07. The normalized spacial score (nSPS) is 31.0. The largest absolute Gasteiger partial charge is 0.0831 e. The third-order valence-corrected chi connectivity index (χ3v) is 2.22. The molecule has 0 aromatic heterocycles. The van der Waals surface area contributed by atoms with Gasteiger partial charge in [0.25, 0.3) is 0 Å². The smallest absolute Gasteiger partial charge is 0.0624 e. The van der Waals surface area contributed by atoms with E-state index in [1.807, 2.05) is 6.08 Å². The number of hydrogen-bond acceptors (Lipinski definition) is 0. The molecule has 0 atom stereocenters. The molecular formula is C8H9Cl2. The Morgan fingerprint density at radius 1 is 1.30 bits per heavy atom. The molecule has 1 aliphatic rings. The Kier molecular flexibility index (Phi) is 3.30. The van der Waals surface area contributed by atoms with E-state index in [0.29, 0.717) is 10.1 Å². The van der Waals surface area contributed by atoms with E-state index in [0.717, 1.165) is 19.3 Å². The fraction of sp³-hybridized carbons (Fsp3) is 0.500. The highest BCUT2D eigenvalue weighted by Crippen LogP contribution is 2.22. The zero-order valence-corrected chi connectivity index (χ0v) is 7.17. The molecule has 0 aromatic rings. The summed E-state index contributed by atoms with van der Waals surface area (Å²) in [5.41, 5.74) is 0. The first-order valence-electron chi connectivity index (χ1n) is 3.43. The van der Waals surface area contributed by atoms with Gasteiger partial charge in [-0.05, 0) is 31.8 Å². The maximum Gasteiger partial charge on any atom is 0.0624 e. The van der Waals surface area contributed by atoms with Crippen molar-refractivity contribution in [3.63, 3.8) is 0 Å². The minimum absolute atomic E-state index is 0.585. The summed E-state index contributed by atoms with van der Waals surface area (Å²) in [5.74, 6) is 0. The van der Waals surface area contributed by atoms with Crippen LogP contribution in [0.2, 0.25) is 0 Å². The summed E-state index contributed by atoms with van der Waals surface area (Å²) < 4.78 is 0. The molecule has 1 aliphatic carbocycles. The first-order valence-corrected chi connectivity index (χ1v) is 4.18. The van der Waals surface area contributed by atoms with Crippen LogP contribution in [0, 0.1) is 6.08 Å². The molecule has 0 fully saturated rings. The molecule has 2 heteroatoms. The van der Waals surface area contributed by atoms with Gasteiger partial charge in [-0.2, -0.15) is 0 Å². The summed E-state index contributed by atoms with van der Waals surface area (Å²) in [6, 6.07) is 0. The van der Waals surface area contributed by atoms with Crippen LogP contribution in [0.3, 0.4) is 0 Å². The van der Waals surface area contributed by atoms with Gasteiger partial charge in [0.15, 0.2) is 0 Å². The lowest BCUT2D eigenvalue weighted by Gasteiger charge is -2.01. The summed E-state index contributed by atoms with van der Waals surface area (Å²) in [6.07, 6.45) is 9.29. The predicted molar refractivity (Wildman–Crippen MR) is 45.0 cm³/mol. The molecule has 1 radical (unpaired) electrons. The van der Waals surface area contributed by atoms with E-state index in [2.05, 4.69) is 6.08 Å². The van der Waals surface area contributed by atoms with Crippen molar-refractivity contribution in [2.45, 2.75) is 25.7 Å². The Bertz CT molecular complexity index is 148. The van der Waals surface area contributed by atoms with Crippen molar-refractivity contribution in [1.29, 1.82) is 0 Å². The van der Waals surface area contributed by atoms with Crippen molar-refractivity contribution in [3.8, 4) is 0 Å². The van der Waals surface area contributed by atoms with E-state index in [1.165, 1.54) is 6.42 Å². The summed E-state index contributed by atoms with van der Waals surface area (Å²) in [6.45, 7) is 0. The molecule has 0 heterocycles. The highest BCUT2D eigenvalue weighted by molar-refractivity contribution is 6.43. The third-order valence-electron chi connectivity index (χ3n) is 1.44. The Hall–Kier alpha value is 0.0600. The van der Waals surface area contributed by atoms with Crippen LogP contribution in [0.5, 0.6) is 0 Å². The summed E-state index contributed by atoms with van der Waals surface area (Å²) in [5, 5.41) is 1.24. The SMILES string of the molecule is ClC1=[C]/CCCC/C=C\1Cl. The van der Waals surface area contributed by atoms with Crippen LogP contribution in [0.15, 0.2) is 16.1 Å². The Morgan fingerprint density at radius 3 is 2.90 bits per heavy atom. The van der Waals surface area contributed by atoms with Crippen LogP contribution in [-0.2, 0) is 0 Å². The van der Waals surface area contributed by atoms with Gasteiger partial charge in [0.1, 0.15) is 0 Å². The van der Waals surface area contributed by atoms with Crippen molar-refractivity contribution in [2.24, 2.45) is 0 Å². The lowest BCUT2D eigenvalue weighted by molar-refractivity contribution is 0.747. The average Bonchev–Trinajstić information content (AvgIpc) is 1.92. The first kappa shape index (κ1) is 8.16. The van der Waals surface area contributed by atoms with Gasteiger partial charge in [-0.1, -0.05) is 29.3 Å². The minimum atomic E-state index is 0.585. The average molecular weight is 176 g/mol. The van der Waals surface area contributed by atoms with Crippen LogP contribution in [0.4, 0.5) is 0 Å². The zero-order valence-electron chi connectivity index (χ0n) is 5.66. The fourth-order valence-electron chi connectivity index (χ4n) is 0.870. The molecule has 0 aromatic carbocycles. The van der Waals surface area contributed by atoms with Crippen LogP contribution in [0.1, 0.15) is 25.7 Å². The van der Waals surface area contributed by atoms with Gasteiger partial charge in [-0.25, -0.2) is 0 Å². The lowest BCUT2D eigenvalue weighted by Crippen LogP contribution is -1.82. The zero-order chi connectivity index (χ0) is 7.40. The number of allylic oxidation sites excluding steroid dienone is 4. The first-order chi connectivity index (χ1) is 4.80. The van der Waals surface area contributed by atoms with Crippen LogP contribution in [-0.4, -0.2) is 0 Å². The molecule has 0 bridgehead atoms. The number of halogens is 2. The minimum Gasteiger partial charge on any atom is -0.0831 e.